The highest BCUT2D eigenvalue weighted by Gasteiger charge is 2.50. The maximum Gasteiger partial charge on any atom is 0.304 e. The number of ketones is 1. The number of pyridine rings is 1. The molecule has 1 saturated heterocycles. The van der Waals surface area contributed by atoms with Gasteiger partial charge in [-0.3, -0.25) is 29.1 Å². The van der Waals surface area contributed by atoms with E-state index in [1.165, 1.54) is 4.90 Å². The smallest absolute Gasteiger partial charge is 0.304 e. The van der Waals surface area contributed by atoms with Crippen LogP contribution in [-0.4, -0.2) is 68.5 Å². The zero-order chi connectivity index (χ0) is 31.4. The molecular formula is C32H41ClN4O6. The Morgan fingerprint density at radius 2 is 1.91 bits per heavy atom. The van der Waals surface area contributed by atoms with Gasteiger partial charge in [0.2, 0.25) is 11.8 Å². The Hall–Kier alpha value is -3.34. The fraction of sp³-hybridized carbons (Fsp3) is 0.531. The van der Waals surface area contributed by atoms with Crippen LogP contribution >= 0.6 is 11.6 Å². The van der Waals surface area contributed by atoms with Crippen molar-refractivity contribution in [2.45, 2.75) is 89.1 Å². The van der Waals surface area contributed by atoms with Gasteiger partial charge in [0.15, 0.2) is 0 Å². The standard InChI is InChI=1S/C32H41ClN4O6/c1-20(34)30(42)37-26(19-43-31(37,2)3)29(41)36-32(16-21-8-10-25(33)11-9-21)12-4-7-23(17-32)28(40)24(15-27(38)39)14-22-6-5-13-35-18-22/h5-6,8-11,13,18,20,23-24,26H,4,7,12,14-17,19,34H2,1-3H3,(H,36,41)(H,38,39)/t20-,23?,24+,26-,32+/m0/s1. The van der Waals surface area contributed by atoms with Gasteiger partial charge < -0.3 is 20.9 Å². The Balaban J connectivity index is 1.62. The maximum absolute atomic E-state index is 14.0. The lowest BCUT2D eigenvalue weighted by atomic mass is 9.69. The highest BCUT2D eigenvalue weighted by atomic mass is 35.5. The molecule has 2 amide bonds. The average Bonchev–Trinajstić information content (AvgIpc) is 3.28. The monoisotopic (exact) mass is 612 g/mol. The quantitative estimate of drug-likeness (QED) is 0.348. The van der Waals surface area contributed by atoms with E-state index in [0.717, 1.165) is 11.1 Å². The molecule has 5 atom stereocenters. The fourth-order valence-electron chi connectivity index (χ4n) is 6.52. The average molecular weight is 613 g/mol. The number of rotatable bonds is 11. The molecule has 2 fully saturated rings. The summed E-state index contributed by atoms with van der Waals surface area (Å²) >= 11 is 6.14. The number of aliphatic carboxylic acids is 1. The van der Waals surface area contributed by atoms with Crippen LogP contribution in [0.3, 0.4) is 0 Å². The van der Waals surface area contributed by atoms with Crippen LogP contribution in [0.4, 0.5) is 0 Å². The van der Waals surface area contributed by atoms with E-state index in [4.69, 9.17) is 22.1 Å². The molecule has 1 aromatic heterocycles. The molecule has 2 aromatic rings. The largest absolute Gasteiger partial charge is 0.481 e. The van der Waals surface area contributed by atoms with Gasteiger partial charge in [-0.2, -0.15) is 0 Å². The lowest BCUT2D eigenvalue weighted by molar-refractivity contribution is -0.151. The normalized spacial score (nSPS) is 24.6. The van der Waals surface area contributed by atoms with E-state index >= 15 is 0 Å². The summed E-state index contributed by atoms with van der Waals surface area (Å²) in [6, 6.07) is 9.24. The van der Waals surface area contributed by atoms with E-state index in [0.29, 0.717) is 37.1 Å². The molecule has 4 rings (SSSR count). The summed E-state index contributed by atoms with van der Waals surface area (Å²) < 4.78 is 5.86. The van der Waals surface area contributed by atoms with E-state index in [1.807, 2.05) is 18.2 Å². The van der Waals surface area contributed by atoms with Gasteiger partial charge in [0.25, 0.3) is 0 Å². The number of carboxylic acids is 1. The third-order valence-corrected chi connectivity index (χ3v) is 8.79. The Bertz CT molecular complexity index is 1320. The number of nitrogens with two attached hydrogens (primary N) is 1. The van der Waals surface area contributed by atoms with E-state index in [1.54, 1.807) is 51.4 Å². The molecule has 2 aliphatic rings. The molecule has 1 aliphatic carbocycles. The molecule has 1 aromatic carbocycles. The summed E-state index contributed by atoms with van der Waals surface area (Å²) in [6.45, 7) is 5.04. The highest BCUT2D eigenvalue weighted by Crippen LogP contribution is 2.39. The Morgan fingerprint density at radius 1 is 1.19 bits per heavy atom. The van der Waals surface area contributed by atoms with E-state index in [-0.39, 0.29) is 31.1 Å². The lowest BCUT2D eigenvalue weighted by Crippen LogP contribution is -2.61. The number of nitrogens with zero attached hydrogens (tertiary/aromatic N) is 2. The second-order valence-electron chi connectivity index (χ2n) is 12.4. The summed E-state index contributed by atoms with van der Waals surface area (Å²) in [6.07, 6.45) is 5.89. The van der Waals surface area contributed by atoms with Crippen LogP contribution in [0, 0.1) is 11.8 Å². The first-order valence-electron chi connectivity index (χ1n) is 14.7. The number of carbonyl (C=O) groups is 4. The Kier molecular flexibility index (Phi) is 10.2. The van der Waals surface area contributed by atoms with Gasteiger partial charge in [-0.05, 0) is 82.2 Å². The summed E-state index contributed by atoms with van der Waals surface area (Å²) in [5, 5.41) is 13.5. The molecule has 0 bridgehead atoms. The third-order valence-electron chi connectivity index (χ3n) is 8.54. The van der Waals surface area contributed by atoms with Crippen molar-refractivity contribution in [3.63, 3.8) is 0 Å². The van der Waals surface area contributed by atoms with Crippen LogP contribution < -0.4 is 11.1 Å². The van der Waals surface area contributed by atoms with Gasteiger partial charge in [0.05, 0.1) is 19.1 Å². The number of nitrogens with one attached hydrogen (secondary N) is 1. The summed E-state index contributed by atoms with van der Waals surface area (Å²) in [4.78, 5) is 58.3. The molecule has 0 radical (unpaired) electrons. The third kappa shape index (κ3) is 7.99. The maximum atomic E-state index is 14.0. The zero-order valence-electron chi connectivity index (χ0n) is 24.9. The first-order chi connectivity index (χ1) is 20.3. The number of carboxylic acid groups (broad SMARTS) is 1. The molecule has 0 spiro atoms. The predicted molar refractivity (Wildman–Crippen MR) is 161 cm³/mol. The first kappa shape index (κ1) is 32.6. The molecule has 1 saturated carbocycles. The fourth-order valence-corrected chi connectivity index (χ4v) is 6.64. The number of halogens is 1. The Labute approximate surface area is 257 Å². The number of aromatic nitrogens is 1. The molecule has 11 heteroatoms. The minimum atomic E-state index is -1.04. The van der Waals surface area contributed by atoms with Crippen molar-refractivity contribution in [1.82, 2.24) is 15.2 Å². The van der Waals surface area contributed by atoms with E-state index < -0.39 is 47.1 Å². The van der Waals surface area contributed by atoms with Crippen LogP contribution in [0.5, 0.6) is 0 Å². The molecule has 1 unspecified atom stereocenters. The van der Waals surface area contributed by atoms with Crippen molar-refractivity contribution >= 4 is 35.2 Å². The van der Waals surface area contributed by atoms with Crippen LogP contribution in [0.15, 0.2) is 48.8 Å². The molecule has 10 nitrogen and oxygen atoms in total. The summed E-state index contributed by atoms with van der Waals surface area (Å²) in [5.74, 6) is -3.12. The van der Waals surface area contributed by atoms with Crippen molar-refractivity contribution in [1.29, 1.82) is 0 Å². The lowest BCUT2D eigenvalue weighted by Gasteiger charge is -2.43. The number of benzene rings is 1. The molecule has 1 aliphatic heterocycles. The second kappa shape index (κ2) is 13.5. The number of carbonyl (C=O) groups excluding carboxylic acids is 3. The van der Waals surface area contributed by atoms with Crippen molar-refractivity contribution < 1.29 is 29.0 Å². The zero-order valence-corrected chi connectivity index (χ0v) is 25.7. The van der Waals surface area contributed by atoms with Crippen LogP contribution in [0.1, 0.15) is 64.0 Å². The summed E-state index contributed by atoms with van der Waals surface area (Å²) in [7, 11) is 0. The van der Waals surface area contributed by atoms with Gasteiger partial charge in [0, 0.05) is 34.8 Å². The van der Waals surface area contributed by atoms with E-state index in [9.17, 15) is 24.3 Å². The topological polar surface area (TPSA) is 152 Å². The highest BCUT2D eigenvalue weighted by molar-refractivity contribution is 6.30. The van der Waals surface area contributed by atoms with Gasteiger partial charge >= 0.3 is 5.97 Å². The van der Waals surface area contributed by atoms with Gasteiger partial charge in [-0.1, -0.05) is 36.2 Å². The van der Waals surface area contributed by atoms with Gasteiger partial charge in [-0.15, -0.1) is 0 Å². The van der Waals surface area contributed by atoms with Crippen molar-refractivity contribution in [3.05, 3.63) is 64.9 Å². The number of hydrogen-bond donors (Lipinski definition) is 3. The van der Waals surface area contributed by atoms with Crippen LogP contribution in [-0.2, 0) is 36.8 Å². The number of hydrogen-bond acceptors (Lipinski definition) is 7. The van der Waals surface area contributed by atoms with Gasteiger partial charge in [-0.25, -0.2) is 0 Å². The van der Waals surface area contributed by atoms with Gasteiger partial charge in [0.1, 0.15) is 17.6 Å². The SMILES string of the molecule is C[C@H](N)C(=O)N1[C@H](C(=O)N[C@@]2(Cc3ccc(Cl)cc3)CCCC(C(=O)[C@@H](CC(=O)O)Cc3cccnc3)C2)COC1(C)C. The van der Waals surface area contributed by atoms with Crippen molar-refractivity contribution in [2.75, 3.05) is 6.61 Å². The Morgan fingerprint density at radius 3 is 2.53 bits per heavy atom. The predicted octanol–water partition coefficient (Wildman–Crippen LogP) is 3.54. The van der Waals surface area contributed by atoms with Crippen LogP contribution in [0.2, 0.25) is 5.02 Å². The molecule has 232 valence electrons. The minimum absolute atomic E-state index is 0.0163. The van der Waals surface area contributed by atoms with Crippen LogP contribution in [0.25, 0.3) is 0 Å². The minimum Gasteiger partial charge on any atom is -0.481 e. The van der Waals surface area contributed by atoms with Crippen molar-refractivity contribution in [2.24, 2.45) is 17.6 Å². The summed E-state index contributed by atoms with van der Waals surface area (Å²) in [5.41, 5.74) is 5.81. The number of Topliss-reactive ketones (excluding diaryl/α,β-unsaturated/α-hetero) is 1. The second-order valence-corrected chi connectivity index (χ2v) is 12.8. The number of ether oxygens (including phenoxy) is 1. The first-order valence-corrected chi connectivity index (χ1v) is 15.1. The molecular weight excluding hydrogens is 572 g/mol. The number of amides is 2. The molecule has 43 heavy (non-hydrogen) atoms. The van der Waals surface area contributed by atoms with E-state index in [2.05, 4.69) is 10.3 Å². The molecule has 2 heterocycles. The van der Waals surface area contributed by atoms with Crippen molar-refractivity contribution in [3.8, 4) is 0 Å². The molecule has 4 N–H and O–H groups in total.